The Morgan fingerprint density at radius 2 is 1.84 bits per heavy atom. The first-order valence-electron chi connectivity index (χ1n) is 6.92. The number of aliphatic carboxylic acids is 1. The Bertz CT molecular complexity index is 428. The highest BCUT2D eigenvalue weighted by Crippen LogP contribution is 2.29. The molecule has 0 bridgehead atoms. The van der Waals surface area contributed by atoms with Gasteiger partial charge in [-0.3, -0.25) is 0 Å². The van der Waals surface area contributed by atoms with Crippen LogP contribution in [0.5, 0.6) is 0 Å². The van der Waals surface area contributed by atoms with Gasteiger partial charge in [-0.15, -0.1) is 0 Å². The lowest BCUT2D eigenvalue weighted by Gasteiger charge is -2.25. The minimum atomic E-state index is -0.748. The average molecular weight is 326 g/mol. The number of carboxylic acids is 1. The van der Waals surface area contributed by atoms with Crippen molar-refractivity contribution < 1.29 is 9.90 Å². The molecule has 1 saturated carbocycles. The van der Waals surface area contributed by atoms with E-state index in [2.05, 4.69) is 21.2 Å². The Morgan fingerprint density at radius 3 is 2.42 bits per heavy atom. The van der Waals surface area contributed by atoms with Crippen LogP contribution in [0.1, 0.15) is 38.5 Å². The second-order valence-electron chi connectivity index (χ2n) is 5.19. The molecule has 0 heterocycles. The van der Waals surface area contributed by atoms with Gasteiger partial charge in [0.25, 0.3) is 0 Å². The van der Waals surface area contributed by atoms with Crippen LogP contribution in [0.3, 0.4) is 0 Å². The number of halogens is 1. The van der Waals surface area contributed by atoms with Gasteiger partial charge in [-0.25, -0.2) is 4.79 Å². The van der Waals surface area contributed by atoms with Gasteiger partial charge in [0.15, 0.2) is 0 Å². The van der Waals surface area contributed by atoms with E-state index in [-0.39, 0.29) is 5.92 Å². The largest absolute Gasteiger partial charge is 0.480 e. The van der Waals surface area contributed by atoms with Crippen molar-refractivity contribution in [1.29, 1.82) is 0 Å². The van der Waals surface area contributed by atoms with Crippen molar-refractivity contribution in [3.63, 3.8) is 0 Å². The number of benzene rings is 1. The van der Waals surface area contributed by atoms with Gasteiger partial charge in [-0.1, -0.05) is 37.8 Å². The van der Waals surface area contributed by atoms with Gasteiger partial charge in [-0.2, -0.15) is 0 Å². The fourth-order valence-electron chi connectivity index (χ4n) is 2.77. The van der Waals surface area contributed by atoms with E-state index in [1.165, 1.54) is 12.8 Å². The minimum Gasteiger partial charge on any atom is -0.480 e. The van der Waals surface area contributed by atoms with Gasteiger partial charge in [0, 0.05) is 10.2 Å². The van der Waals surface area contributed by atoms with E-state index in [1.807, 2.05) is 24.3 Å². The summed E-state index contributed by atoms with van der Waals surface area (Å²) in [6.45, 7) is 0. The average Bonchev–Trinajstić information content (AvgIpc) is 2.66. The minimum absolute atomic E-state index is 0.229. The molecule has 1 fully saturated rings. The normalized spacial score (nSPS) is 18.6. The van der Waals surface area contributed by atoms with E-state index in [9.17, 15) is 9.90 Å². The zero-order valence-electron chi connectivity index (χ0n) is 10.9. The molecule has 3 nitrogen and oxygen atoms in total. The molecule has 4 heteroatoms. The Morgan fingerprint density at radius 1 is 1.21 bits per heavy atom. The fourth-order valence-corrected chi connectivity index (χ4v) is 3.17. The Balaban J connectivity index is 2.11. The lowest BCUT2D eigenvalue weighted by atomic mass is 9.91. The van der Waals surface area contributed by atoms with Crippen LogP contribution >= 0.6 is 15.9 Å². The summed E-state index contributed by atoms with van der Waals surface area (Å²) in [6.07, 6.45) is 6.77. The first-order chi connectivity index (χ1) is 9.18. The van der Waals surface area contributed by atoms with Crippen LogP contribution in [-0.4, -0.2) is 17.1 Å². The number of carbonyl (C=O) groups is 1. The van der Waals surface area contributed by atoms with Crippen LogP contribution < -0.4 is 5.32 Å². The number of carboxylic acid groups (broad SMARTS) is 1. The van der Waals surface area contributed by atoms with Gasteiger partial charge in [0.2, 0.25) is 0 Å². The number of nitrogens with one attached hydrogen (secondary N) is 1. The lowest BCUT2D eigenvalue weighted by Crippen LogP contribution is -2.37. The van der Waals surface area contributed by atoms with Crippen LogP contribution in [0.15, 0.2) is 28.7 Å². The van der Waals surface area contributed by atoms with E-state index in [0.717, 1.165) is 35.8 Å². The van der Waals surface area contributed by atoms with Gasteiger partial charge >= 0.3 is 5.97 Å². The molecule has 104 valence electrons. The molecule has 0 radical (unpaired) electrons. The third kappa shape index (κ3) is 3.96. The maximum absolute atomic E-state index is 11.5. The zero-order valence-corrected chi connectivity index (χ0v) is 12.5. The standard InChI is InChI=1S/C15H20BrNO2/c16-12-9-5-6-10-13(12)17-14(15(18)19)11-7-3-1-2-4-8-11/h5-6,9-11,14,17H,1-4,7-8H2,(H,18,19). The molecule has 0 amide bonds. The first-order valence-corrected chi connectivity index (χ1v) is 7.71. The van der Waals surface area contributed by atoms with Crippen molar-refractivity contribution in [3.8, 4) is 0 Å². The van der Waals surface area contributed by atoms with Gasteiger partial charge in [0.05, 0.1) is 0 Å². The van der Waals surface area contributed by atoms with E-state index >= 15 is 0 Å². The number of para-hydroxylation sites is 1. The van der Waals surface area contributed by atoms with Crippen molar-refractivity contribution in [2.45, 2.75) is 44.6 Å². The summed E-state index contributed by atoms with van der Waals surface area (Å²) >= 11 is 3.46. The zero-order chi connectivity index (χ0) is 13.7. The number of hydrogen-bond donors (Lipinski definition) is 2. The highest BCUT2D eigenvalue weighted by Gasteiger charge is 2.28. The fraction of sp³-hybridized carbons (Fsp3) is 0.533. The third-order valence-electron chi connectivity index (χ3n) is 3.82. The number of hydrogen-bond acceptors (Lipinski definition) is 2. The second-order valence-corrected chi connectivity index (χ2v) is 6.05. The predicted molar refractivity (Wildman–Crippen MR) is 80.4 cm³/mol. The Hall–Kier alpha value is -1.03. The summed E-state index contributed by atoms with van der Waals surface area (Å²) in [5, 5.41) is 12.7. The summed E-state index contributed by atoms with van der Waals surface area (Å²) in [4.78, 5) is 11.5. The van der Waals surface area contributed by atoms with E-state index < -0.39 is 12.0 Å². The van der Waals surface area contributed by atoms with Crippen molar-refractivity contribution in [2.75, 3.05) is 5.32 Å². The maximum Gasteiger partial charge on any atom is 0.326 e. The SMILES string of the molecule is O=C(O)C(Nc1ccccc1Br)C1CCCCCC1. The van der Waals surface area contributed by atoms with Crippen molar-refractivity contribution >= 4 is 27.6 Å². The van der Waals surface area contributed by atoms with Crippen LogP contribution in [-0.2, 0) is 4.79 Å². The number of rotatable bonds is 4. The van der Waals surface area contributed by atoms with E-state index in [0.29, 0.717) is 0 Å². The third-order valence-corrected chi connectivity index (χ3v) is 4.51. The number of anilines is 1. The highest BCUT2D eigenvalue weighted by atomic mass is 79.9. The van der Waals surface area contributed by atoms with Gasteiger partial charge < -0.3 is 10.4 Å². The molecule has 0 spiro atoms. The highest BCUT2D eigenvalue weighted by molar-refractivity contribution is 9.10. The smallest absolute Gasteiger partial charge is 0.326 e. The summed E-state index contributed by atoms with van der Waals surface area (Å²) in [6, 6.07) is 7.19. The summed E-state index contributed by atoms with van der Waals surface area (Å²) in [5.41, 5.74) is 0.860. The van der Waals surface area contributed by atoms with Crippen LogP contribution in [0.2, 0.25) is 0 Å². The van der Waals surface area contributed by atoms with Crippen LogP contribution in [0.4, 0.5) is 5.69 Å². The molecule has 1 aromatic rings. The molecular weight excluding hydrogens is 306 g/mol. The predicted octanol–water partition coefficient (Wildman–Crippen LogP) is 4.28. The van der Waals surface area contributed by atoms with Gasteiger partial charge in [-0.05, 0) is 46.8 Å². The molecule has 1 aliphatic rings. The van der Waals surface area contributed by atoms with E-state index in [1.54, 1.807) is 0 Å². The molecule has 2 N–H and O–H groups in total. The Labute approximate surface area is 122 Å². The summed E-state index contributed by atoms with van der Waals surface area (Å²) in [5.74, 6) is -0.519. The monoisotopic (exact) mass is 325 g/mol. The molecule has 1 aliphatic carbocycles. The molecule has 0 aromatic heterocycles. The summed E-state index contributed by atoms with van der Waals surface area (Å²) in [7, 11) is 0. The molecule has 19 heavy (non-hydrogen) atoms. The molecule has 0 saturated heterocycles. The Kier molecular flexibility index (Phi) is 5.25. The molecule has 1 aromatic carbocycles. The molecule has 0 aliphatic heterocycles. The maximum atomic E-state index is 11.5. The van der Waals surface area contributed by atoms with Crippen molar-refractivity contribution in [1.82, 2.24) is 0 Å². The van der Waals surface area contributed by atoms with Crippen LogP contribution in [0.25, 0.3) is 0 Å². The van der Waals surface area contributed by atoms with Gasteiger partial charge in [0.1, 0.15) is 6.04 Å². The van der Waals surface area contributed by atoms with Crippen molar-refractivity contribution in [2.24, 2.45) is 5.92 Å². The second kappa shape index (κ2) is 6.94. The van der Waals surface area contributed by atoms with Crippen molar-refractivity contribution in [3.05, 3.63) is 28.7 Å². The molecule has 1 unspecified atom stereocenters. The molecule has 1 atom stereocenters. The van der Waals surface area contributed by atoms with Crippen LogP contribution in [0, 0.1) is 5.92 Å². The lowest BCUT2D eigenvalue weighted by molar-refractivity contribution is -0.139. The van der Waals surface area contributed by atoms with E-state index in [4.69, 9.17) is 0 Å². The summed E-state index contributed by atoms with van der Waals surface area (Å²) < 4.78 is 0.912. The first kappa shape index (κ1) is 14.4. The topological polar surface area (TPSA) is 49.3 Å². The molecular formula is C15H20BrNO2. The molecule has 2 rings (SSSR count). The quantitative estimate of drug-likeness (QED) is 0.812.